The number of nitrogens with zero attached hydrogens (tertiary/aromatic N) is 3. The lowest BCUT2D eigenvalue weighted by Gasteiger charge is -2.28. The van der Waals surface area contributed by atoms with E-state index < -0.39 is 28.6 Å². The van der Waals surface area contributed by atoms with Gasteiger partial charge in [0, 0.05) is 30.5 Å². The first-order chi connectivity index (χ1) is 19.8. The van der Waals surface area contributed by atoms with Gasteiger partial charge in [0.15, 0.2) is 11.6 Å². The Morgan fingerprint density at radius 1 is 1.02 bits per heavy atom. The average molecular weight is 581 g/mol. The Morgan fingerprint density at radius 3 is 2.59 bits per heavy atom. The van der Waals surface area contributed by atoms with Gasteiger partial charge in [0.2, 0.25) is 28.5 Å². The number of hydrogen-bond acceptors (Lipinski definition) is 8. The summed E-state index contributed by atoms with van der Waals surface area (Å²) in [7, 11) is -3.11. The van der Waals surface area contributed by atoms with Gasteiger partial charge in [-0.15, -0.1) is 0 Å². The number of anilines is 1. The number of pyridine rings is 1. The molecule has 0 amide bonds. The summed E-state index contributed by atoms with van der Waals surface area (Å²) in [6.45, 7) is 5.49. The van der Waals surface area contributed by atoms with Crippen LogP contribution in [0.3, 0.4) is 0 Å². The summed E-state index contributed by atoms with van der Waals surface area (Å²) in [6.07, 6.45) is 4.07. The minimum atomic E-state index is -3.11. The maximum absolute atomic E-state index is 15.6. The van der Waals surface area contributed by atoms with E-state index in [0.717, 1.165) is 19.5 Å². The van der Waals surface area contributed by atoms with E-state index in [-0.39, 0.29) is 28.8 Å². The van der Waals surface area contributed by atoms with Crippen molar-refractivity contribution in [3.05, 3.63) is 95.3 Å². The fraction of sp³-hybridized carbons (Fsp3) is 0.276. The van der Waals surface area contributed by atoms with E-state index in [9.17, 15) is 8.42 Å². The second-order valence-corrected chi connectivity index (χ2v) is 10.8. The zero-order chi connectivity index (χ0) is 28.9. The SMILES string of the molecule is Cc1cc(C(N[SH](=O)=O)c2ccccc2)c(F)c(F)c1Oc1ncccc1-c1ccnc(N[C@@H]2CNC[C@H](C)C2)n1. The lowest BCUT2D eigenvalue weighted by molar-refractivity contribution is 0.377. The van der Waals surface area contributed by atoms with E-state index in [2.05, 4.69) is 37.2 Å². The lowest BCUT2D eigenvalue weighted by atomic mass is 9.97. The van der Waals surface area contributed by atoms with Gasteiger partial charge in [0.25, 0.3) is 0 Å². The predicted molar refractivity (Wildman–Crippen MR) is 152 cm³/mol. The first kappa shape index (κ1) is 28.5. The van der Waals surface area contributed by atoms with Gasteiger partial charge >= 0.3 is 0 Å². The summed E-state index contributed by atoms with van der Waals surface area (Å²) in [4.78, 5) is 13.2. The van der Waals surface area contributed by atoms with Crippen molar-refractivity contribution in [1.29, 1.82) is 0 Å². The van der Waals surface area contributed by atoms with E-state index in [4.69, 9.17) is 4.74 Å². The zero-order valence-corrected chi connectivity index (χ0v) is 23.4. The third-order valence-corrected chi connectivity index (χ3v) is 7.33. The van der Waals surface area contributed by atoms with Crippen LogP contribution in [0.1, 0.15) is 36.1 Å². The topological polar surface area (TPSA) is 118 Å². The third-order valence-electron chi connectivity index (χ3n) is 6.86. The fourth-order valence-electron chi connectivity index (χ4n) is 4.96. The minimum Gasteiger partial charge on any atom is -0.435 e. The smallest absolute Gasteiger partial charge is 0.228 e. The number of hydrogen-bond donors (Lipinski definition) is 4. The minimum absolute atomic E-state index is 0.0274. The molecular formula is C29H30F2N6O3S. The molecule has 214 valence electrons. The summed E-state index contributed by atoms with van der Waals surface area (Å²) in [5.41, 5.74) is 1.49. The molecule has 0 saturated carbocycles. The fourth-order valence-corrected chi connectivity index (χ4v) is 5.46. The third kappa shape index (κ3) is 6.67. The maximum Gasteiger partial charge on any atom is 0.228 e. The Hall–Kier alpha value is -4.00. The first-order valence-electron chi connectivity index (χ1n) is 13.2. The van der Waals surface area contributed by atoms with Gasteiger partial charge in [0.05, 0.1) is 17.3 Å². The number of aryl methyl sites for hydroxylation is 1. The number of nitrogens with one attached hydrogen (secondary N) is 3. The van der Waals surface area contributed by atoms with Crippen LogP contribution in [0, 0.1) is 24.5 Å². The molecule has 9 nitrogen and oxygen atoms in total. The average Bonchev–Trinajstić information content (AvgIpc) is 2.97. The number of thiol groups is 1. The van der Waals surface area contributed by atoms with E-state index >= 15 is 8.78 Å². The highest BCUT2D eigenvalue weighted by atomic mass is 32.2. The first-order valence-corrected chi connectivity index (χ1v) is 14.4. The summed E-state index contributed by atoms with van der Waals surface area (Å²) in [5.74, 6) is -1.87. The molecule has 2 aromatic heterocycles. The molecule has 0 aliphatic carbocycles. The van der Waals surface area contributed by atoms with E-state index in [1.807, 2.05) is 0 Å². The van der Waals surface area contributed by atoms with Gasteiger partial charge in [-0.3, -0.25) is 0 Å². The number of rotatable bonds is 9. The van der Waals surface area contributed by atoms with Crippen molar-refractivity contribution in [1.82, 2.24) is 25.0 Å². The van der Waals surface area contributed by atoms with Crippen molar-refractivity contribution in [2.75, 3.05) is 18.4 Å². The predicted octanol–water partition coefficient (Wildman–Crippen LogP) is 4.53. The second-order valence-electron chi connectivity index (χ2n) is 10.0. The van der Waals surface area contributed by atoms with E-state index in [1.54, 1.807) is 61.7 Å². The molecule has 1 saturated heterocycles. The molecule has 41 heavy (non-hydrogen) atoms. The Morgan fingerprint density at radius 2 is 1.83 bits per heavy atom. The summed E-state index contributed by atoms with van der Waals surface area (Å²) in [5, 5.41) is 6.74. The number of halogens is 2. The molecule has 0 bridgehead atoms. The Bertz CT molecular complexity index is 1600. The maximum atomic E-state index is 15.6. The van der Waals surface area contributed by atoms with E-state index in [1.165, 1.54) is 12.3 Å². The van der Waals surface area contributed by atoms with Gasteiger partial charge in [0.1, 0.15) is 0 Å². The van der Waals surface area contributed by atoms with Gasteiger partial charge in [-0.1, -0.05) is 37.3 Å². The van der Waals surface area contributed by atoms with Crippen LogP contribution in [-0.4, -0.2) is 42.5 Å². The summed E-state index contributed by atoms with van der Waals surface area (Å²) in [6, 6.07) is 13.9. The van der Waals surface area contributed by atoms with Crippen LogP contribution in [0.15, 0.2) is 67.0 Å². The van der Waals surface area contributed by atoms with Gasteiger partial charge in [-0.25, -0.2) is 32.5 Å². The zero-order valence-electron chi connectivity index (χ0n) is 22.5. The number of benzene rings is 2. The lowest BCUT2D eigenvalue weighted by Crippen LogP contribution is -2.42. The normalized spacial score (nSPS) is 17.8. The van der Waals surface area contributed by atoms with E-state index in [0.29, 0.717) is 28.7 Å². The van der Waals surface area contributed by atoms with Gasteiger partial charge < -0.3 is 15.4 Å². The molecular weight excluding hydrogens is 550 g/mol. The molecule has 1 aliphatic heterocycles. The van der Waals surface area contributed by atoms with Gasteiger partial charge in [-0.2, -0.15) is 4.39 Å². The highest BCUT2D eigenvalue weighted by Gasteiger charge is 2.26. The molecule has 3 atom stereocenters. The molecule has 3 N–H and O–H groups in total. The molecule has 4 aromatic rings. The number of aromatic nitrogens is 3. The molecule has 5 rings (SSSR count). The van der Waals surface area contributed by atoms with Crippen LogP contribution in [0.5, 0.6) is 11.6 Å². The van der Waals surface area contributed by atoms with Crippen molar-refractivity contribution in [3.63, 3.8) is 0 Å². The van der Waals surface area contributed by atoms with Gasteiger partial charge in [-0.05, 0) is 61.2 Å². The standard InChI is InChI=1S/C29H30F2N6O3S/c1-17-13-20(16-32-15-17)35-29-34-12-10-23(36-29)21-9-6-11-33-28(21)40-27-18(2)14-22(24(30)25(27)31)26(37-41(38)39)19-7-4-3-5-8-19/h3-12,14,17,20,26,32,41H,13,15-16H2,1-2H3,(H,34,35,36)(H,37,38,39)/t17-,20+,26?/m1/s1. The van der Waals surface area contributed by atoms with Crippen LogP contribution in [0.4, 0.5) is 14.7 Å². The van der Waals surface area contributed by atoms with Crippen LogP contribution in [-0.2, 0) is 10.9 Å². The quantitative estimate of drug-likeness (QED) is 0.213. The summed E-state index contributed by atoms with van der Waals surface area (Å²) < 4.78 is 62.3. The number of ether oxygens (including phenoxy) is 1. The van der Waals surface area contributed by atoms with Crippen molar-refractivity contribution >= 4 is 16.8 Å². The second kappa shape index (κ2) is 12.7. The summed E-state index contributed by atoms with van der Waals surface area (Å²) >= 11 is 0. The molecule has 3 heterocycles. The molecule has 0 radical (unpaired) electrons. The number of piperidine rings is 1. The molecule has 1 unspecified atom stereocenters. The monoisotopic (exact) mass is 580 g/mol. The van der Waals surface area contributed by atoms with Crippen molar-refractivity contribution in [2.45, 2.75) is 32.4 Å². The highest BCUT2D eigenvalue weighted by Crippen LogP contribution is 2.37. The highest BCUT2D eigenvalue weighted by molar-refractivity contribution is 7.70. The molecule has 1 aliphatic rings. The van der Waals surface area contributed by atoms with Crippen molar-refractivity contribution in [2.24, 2.45) is 5.92 Å². The van der Waals surface area contributed by atoms with Crippen LogP contribution in [0.2, 0.25) is 0 Å². The van der Waals surface area contributed by atoms with Crippen LogP contribution < -0.4 is 20.1 Å². The molecule has 1 fully saturated rings. The Kier molecular flexibility index (Phi) is 8.81. The van der Waals surface area contributed by atoms with Crippen molar-refractivity contribution in [3.8, 4) is 22.9 Å². The molecule has 12 heteroatoms. The largest absolute Gasteiger partial charge is 0.435 e. The van der Waals surface area contributed by atoms with Crippen LogP contribution in [0.25, 0.3) is 11.3 Å². The van der Waals surface area contributed by atoms with Crippen molar-refractivity contribution < 1.29 is 21.9 Å². The Balaban J connectivity index is 1.46. The molecule has 2 aromatic carbocycles. The Labute approximate surface area is 238 Å². The molecule has 0 spiro atoms. The van der Waals surface area contributed by atoms with Crippen LogP contribution >= 0.6 is 0 Å².